The number of carbonyl (C=O) groups is 5. The molecule has 0 spiro atoms. The summed E-state index contributed by atoms with van der Waals surface area (Å²) in [6, 6.07) is 2.41. The number of carboxylic acid groups (broad SMARTS) is 2. The predicted molar refractivity (Wildman–Crippen MR) is 140 cm³/mol. The Balaban J connectivity index is 2.12. The minimum Gasteiger partial charge on any atom is -0.481 e. The third-order valence-electron chi connectivity index (χ3n) is 5.77. The van der Waals surface area contributed by atoms with Crippen molar-refractivity contribution in [2.45, 2.75) is 49.9 Å². The van der Waals surface area contributed by atoms with Crippen LogP contribution in [0.2, 0.25) is 0 Å². The molecule has 0 aliphatic heterocycles. The predicted octanol–water partition coefficient (Wildman–Crippen LogP) is -0.813. The van der Waals surface area contributed by atoms with E-state index < -0.39 is 66.9 Å². The summed E-state index contributed by atoms with van der Waals surface area (Å²) >= 11 is 1.43. The van der Waals surface area contributed by atoms with Crippen LogP contribution in [0.1, 0.15) is 24.8 Å². The van der Waals surface area contributed by atoms with Crippen molar-refractivity contribution in [3.8, 4) is 0 Å². The first kappa shape index (κ1) is 30.6. The fourth-order valence-electron chi connectivity index (χ4n) is 3.68. The van der Waals surface area contributed by atoms with Gasteiger partial charge in [0.05, 0.1) is 12.6 Å². The Labute approximate surface area is 222 Å². The zero-order valence-corrected chi connectivity index (χ0v) is 21.6. The first-order valence-corrected chi connectivity index (χ1v) is 13.2. The average molecular weight is 552 g/mol. The minimum atomic E-state index is -1.64. The first-order valence-electron chi connectivity index (χ1n) is 11.8. The fraction of sp³-hybridized carbons (Fsp3) is 0.458. The van der Waals surface area contributed by atoms with Crippen LogP contribution < -0.4 is 21.7 Å². The quantitative estimate of drug-likeness (QED) is 0.129. The van der Waals surface area contributed by atoms with Crippen LogP contribution in [0.15, 0.2) is 30.5 Å². The van der Waals surface area contributed by atoms with Crippen LogP contribution in [0, 0.1) is 0 Å². The SMILES string of the molecule is CSCCC(NC(=O)C(N)Cc1c[nH]c2ccccc12)C(=O)NC(CCC(=O)O)C(=O)NC(CO)C(=O)O. The van der Waals surface area contributed by atoms with E-state index in [0.29, 0.717) is 5.75 Å². The van der Waals surface area contributed by atoms with Gasteiger partial charge in [0.15, 0.2) is 0 Å². The Morgan fingerprint density at radius 1 is 0.947 bits per heavy atom. The summed E-state index contributed by atoms with van der Waals surface area (Å²) in [5.74, 6) is -4.58. The molecule has 0 bridgehead atoms. The molecule has 208 valence electrons. The van der Waals surface area contributed by atoms with Crippen molar-refractivity contribution >= 4 is 52.3 Å². The number of nitrogens with one attached hydrogen (secondary N) is 4. The maximum atomic E-state index is 13.1. The molecule has 4 atom stereocenters. The smallest absolute Gasteiger partial charge is 0.328 e. The fourth-order valence-corrected chi connectivity index (χ4v) is 4.15. The molecule has 2 aromatic rings. The Morgan fingerprint density at radius 3 is 2.16 bits per heavy atom. The standard InChI is InChI=1S/C24H33N5O8S/c1-38-9-8-18(27-21(33)15(25)10-13-11-26-16-5-3-2-4-14(13)16)23(35)28-17(6-7-20(31)32)22(34)29-19(12-30)24(36)37/h2-5,11,15,17-19,26,30H,6-10,12,25H2,1H3,(H,27,33)(H,28,35)(H,29,34)(H,31,32)(H,36,37). The van der Waals surface area contributed by atoms with E-state index in [0.717, 1.165) is 16.5 Å². The lowest BCUT2D eigenvalue weighted by atomic mass is 10.0. The summed E-state index contributed by atoms with van der Waals surface area (Å²) in [6.45, 7) is -0.901. The highest BCUT2D eigenvalue weighted by atomic mass is 32.2. The second-order valence-corrected chi connectivity index (χ2v) is 9.57. The molecular weight excluding hydrogens is 518 g/mol. The van der Waals surface area contributed by atoms with Crippen molar-refractivity contribution in [1.82, 2.24) is 20.9 Å². The van der Waals surface area contributed by atoms with Crippen LogP contribution in [0.4, 0.5) is 0 Å². The van der Waals surface area contributed by atoms with Gasteiger partial charge in [-0.2, -0.15) is 11.8 Å². The molecule has 2 rings (SSSR count). The van der Waals surface area contributed by atoms with Gasteiger partial charge in [0.1, 0.15) is 18.1 Å². The number of H-pyrrole nitrogens is 1. The van der Waals surface area contributed by atoms with Gasteiger partial charge in [-0.1, -0.05) is 18.2 Å². The van der Waals surface area contributed by atoms with Gasteiger partial charge in [0, 0.05) is 23.5 Å². The van der Waals surface area contributed by atoms with Gasteiger partial charge in [-0.3, -0.25) is 19.2 Å². The highest BCUT2D eigenvalue weighted by molar-refractivity contribution is 7.98. The molecule has 0 fully saturated rings. The monoisotopic (exact) mass is 551 g/mol. The summed E-state index contributed by atoms with van der Waals surface area (Å²) < 4.78 is 0. The van der Waals surface area contributed by atoms with Gasteiger partial charge in [0.25, 0.3) is 0 Å². The number of aromatic nitrogens is 1. The number of para-hydroxylation sites is 1. The number of aromatic amines is 1. The first-order chi connectivity index (χ1) is 18.1. The van der Waals surface area contributed by atoms with Gasteiger partial charge in [-0.05, 0) is 42.9 Å². The lowest BCUT2D eigenvalue weighted by Crippen LogP contribution is -2.57. The number of aliphatic hydroxyl groups is 1. The molecule has 4 unspecified atom stereocenters. The lowest BCUT2D eigenvalue weighted by Gasteiger charge is -2.24. The van der Waals surface area contributed by atoms with Crippen LogP contribution in [-0.2, 0) is 30.4 Å². The number of nitrogens with two attached hydrogens (primary N) is 1. The van der Waals surface area contributed by atoms with Crippen molar-refractivity contribution in [3.63, 3.8) is 0 Å². The summed E-state index contributed by atoms with van der Waals surface area (Å²) in [5.41, 5.74) is 7.86. The number of aliphatic carboxylic acids is 2. The molecule has 0 radical (unpaired) electrons. The molecule has 1 aromatic carbocycles. The number of aliphatic hydroxyl groups excluding tert-OH is 1. The molecule has 3 amide bonds. The molecule has 0 saturated heterocycles. The van der Waals surface area contributed by atoms with Gasteiger partial charge in [0.2, 0.25) is 17.7 Å². The van der Waals surface area contributed by atoms with Crippen molar-refractivity contribution < 1.29 is 39.3 Å². The number of rotatable bonds is 16. The zero-order valence-electron chi connectivity index (χ0n) is 20.8. The van der Waals surface area contributed by atoms with Crippen LogP contribution in [0.25, 0.3) is 10.9 Å². The van der Waals surface area contributed by atoms with Gasteiger partial charge in [-0.25, -0.2) is 4.79 Å². The number of fused-ring (bicyclic) bond motifs is 1. The summed E-state index contributed by atoms with van der Waals surface area (Å²) in [6.07, 6.45) is 3.14. The number of benzene rings is 1. The van der Waals surface area contributed by atoms with E-state index in [2.05, 4.69) is 20.9 Å². The van der Waals surface area contributed by atoms with Crippen molar-refractivity contribution in [2.24, 2.45) is 5.73 Å². The molecule has 0 aliphatic carbocycles. The molecule has 14 heteroatoms. The Bertz CT molecular complexity index is 1140. The molecule has 38 heavy (non-hydrogen) atoms. The number of hydrogen-bond acceptors (Lipinski definition) is 8. The Kier molecular flexibility index (Phi) is 12.0. The molecule has 9 N–H and O–H groups in total. The van der Waals surface area contributed by atoms with Crippen molar-refractivity contribution in [2.75, 3.05) is 18.6 Å². The molecule has 13 nitrogen and oxygen atoms in total. The third-order valence-corrected chi connectivity index (χ3v) is 6.42. The number of hydrogen-bond donors (Lipinski definition) is 8. The summed E-state index contributed by atoms with van der Waals surface area (Å²) in [4.78, 5) is 63.9. The van der Waals surface area contributed by atoms with Crippen molar-refractivity contribution in [1.29, 1.82) is 0 Å². The van der Waals surface area contributed by atoms with Gasteiger partial charge in [-0.15, -0.1) is 0 Å². The van der Waals surface area contributed by atoms with E-state index in [-0.39, 0.29) is 19.3 Å². The lowest BCUT2D eigenvalue weighted by molar-refractivity contribution is -0.144. The van der Waals surface area contributed by atoms with Crippen LogP contribution in [0.5, 0.6) is 0 Å². The van der Waals surface area contributed by atoms with E-state index in [9.17, 15) is 29.1 Å². The average Bonchev–Trinajstić information content (AvgIpc) is 3.29. The van der Waals surface area contributed by atoms with Crippen molar-refractivity contribution in [3.05, 3.63) is 36.0 Å². The van der Waals surface area contributed by atoms with E-state index in [1.165, 1.54) is 11.8 Å². The molecule has 1 aromatic heterocycles. The third kappa shape index (κ3) is 9.04. The number of carboxylic acids is 2. The molecule has 0 aliphatic rings. The summed E-state index contributed by atoms with van der Waals surface area (Å²) in [7, 11) is 0. The van der Waals surface area contributed by atoms with E-state index in [1.54, 1.807) is 6.20 Å². The maximum Gasteiger partial charge on any atom is 0.328 e. The second kappa shape index (κ2) is 15.0. The highest BCUT2D eigenvalue weighted by Gasteiger charge is 2.30. The molecule has 1 heterocycles. The second-order valence-electron chi connectivity index (χ2n) is 8.59. The van der Waals surface area contributed by atoms with Gasteiger partial charge >= 0.3 is 11.9 Å². The minimum absolute atomic E-state index is 0.195. The number of amides is 3. The van der Waals surface area contributed by atoms with Crippen LogP contribution in [0.3, 0.4) is 0 Å². The highest BCUT2D eigenvalue weighted by Crippen LogP contribution is 2.19. The molecular formula is C24H33N5O8S. The largest absolute Gasteiger partial charge is 0.481 e. The number of carbonyl (C=O) groups excluding carboxylic acids is 3. The van der Waals surface area contributed by atoms with E-state index in [4.69, 9.17) is 15.9 Å². The Morgan fingerprint density at radius 2 is 1.55 bits per heavy atom. The van der Waals surface area contributed by atoms with Gasteiger partial charge < -0.3 is 42.0 Å². The van der Waals surface area contributed by atoms with Crippen LogP contribution in [-0.4, -0.2) is 92.7 Å². The van der Waals surface area contributed by atoms with E-state index >= 15 is 0 Å². The topological polar surface area (TPSA) is 224 Å². The zero-order chi connectivity index (χ0) is 28.2. The van der Waals surface area contributed by atoms with E-state index in [1.807, 2.05) is 30.5 Å². The van der Waals surface area contributed by atoms with Crippen LogP contribution >= 0.6 is 11.8 Å². The summed E-state index contributed by atoms with van der Waals surface area (Å²) in [5, 5.41) is 35.3. The molecule has 0 saturated carbocycles. The number of thioether (sulfide) groups is 1. The normalized spacial score (nSPS) is 14.2. The Hall–Kier alpha value is -3.62. The maximum absolute atomic E-state index is 13.1.